The van der Waals surface area contributed by atoms with E-state index in [-0.39, 0.29) is 35.9 Å². The number of hydrogen-bond acceptors (Lipinski definition) is 3. The number of benzene rings is 1. The molecule has 1 heterocycles. The van der Waals surface area contributed by atoms with Gasteiger partial charge in [-0.25, -0.2) is 4.39 Å². The molecular weight excluding hydrogens is 273 g/mol. The summed E-state index contributed by atoms with van der Waals surface area (Å²) in [7, 11) is 0. The van der Waals surface area contributed by atoms with Crippen LogP contribution in [0.5, 0.6) is 0 Å². The van der Waals surface area contributed by atoms with Crippen molar-refractivity contribution in [2.24, 2.45) is 5.73 Å². The first-order chi connectivity index (χ1) is 10.1. The van der Waals surface area contributed by atoms with Crippen LogP contribution in [0.4, 0.5) is 4.39 Å². The van der Waals surface area contributed by atoms with Gasteiger partial charge in [-0.1, -0.05) is 11.8 Å². The Balaban J connectivity index is 2.15. The average Bonchev–Trinajstić information content (AvgIpc) is 2.70. The summed E-state index contributed by atoms with van der Waals surface area (Å²) < 4.78 is 13.9. The maximum absolute atomic E-state index is 13.9. The molecule has 1 saturated heterocycles. The van der Waals surface area contributed by atoms with Crippen LogP contribution < -0.4 is 11.1 Å². The molecule has 2 amide bonds. The Hall–Kier alpha value is -2.39. The zero-order valence-corrected chi connectivity index (χ0v) is 11.5. The first-order valence-corrected chi connectivity index (χ1v) is 6.66. The van der Waals surface area contributed by atoms with Crippen molar-refractivity contribution in [3.63, 3.8) is 0 Å². The lowest BCUT2D eigenvalue weighted by Gasteiger charge is -2.19. The highest BCUT2D eigenvalue weighted by Gasteiger charge is 2.20. The van der Waals surface area contributed by atoms with E-state index in [4.69, 9.17) is 5.73 Å². The molecule has 0 aliphatic carbocycles. The molecule has 1 aromatic carbocycles. The highest BCUT2D eigenvalue weighted by atomic mass is 19.1. The van der Waals surface area contributed by atoms with Crippen LogP contribution >= 0.6 is 0 Å². The van der Waals surface area contributed by atoms with Crippen molar-refractivity contribution >= 4 is 11.8 Å². The molecule has 2 rings (SSSR count). The minimum atomic E-state index is -0.550. The molecule has 110 valence electrons. The van der Waals surface area contributed by atoms with Crippen LogP contribution in [-0.4, -0.2) is 42.9 Å². The highest BCUT2D eigenvalue weighted by molar-refractivity contribution is 5.94. The van der Waals surface area contributed by atoms with Crippen LogP contribution in [0.2, 0.25) is 0 Å². The Bertz CT molecular complexity index is 619. The molecule has 21 heavy (non-hydrogen) atoms. The predicted molar refractivity (Wildman–Crippen MR) is 75.9 cm³/mol. The number of carbonyl (C=O) groups is 2. The number of hydrogen-bond donors (Lipinski definition) is 2. The third-order valence-electron chi connectivity index (χ3n) is 3.14. The molecular formula is C15H16FN3O2. The first kappa shape index (κ1) is 15.0. The summed E-state index contributed by atoms with van der Waals surface area (Å²) in [6, 6.07) is 4.17. The predicted octanol–water partition coefficient (Wildman–Crippen LogP) is 0.0980. The van der Waals surface area contributed by atoms with Gasteiger partial charge < -0.3 is 16.0 Å². The van der Waals surface area contributed by atoms with Gasteiger partial charge in [-0.3, -0.25) is 9.59 Å². The molecule has 0 spiro atoms. The number of amides is 2. The second kappa shape index (κ2) is 6.86. The Morgan fingerprint density at radius 3 is 2.95 bits per heavy atom. The number of nitrogens with zero attached hydrogens (tertiary/aromatic N) is 1. The molecule has 0 saturated carbocycles. The van der Waals surface area contributed by atoms with E-state index >= 15 is 0 Å². The lowest BCUT2D eigenvalue weighted by atomic mass is 10.1. The van der Waals surface area contributed by atoms with E-state index in [1.165, 1.54) is 23.1 Å². The van der Waals surface area contributed by atoms with Crippen molar-refractivity contribution in [2.75, 3.05) is 26.2 Å². The number of halogens is 1. The summed E-state index contributed by atoms with van der Waals surface area (Å²) in [5.41, 5.74) is 5.70. The van der Waals surface area contributed by atoms with Crippen molar-refractivity contribution in [1.29, 1.82) is 0 Å². The molecule has 1 aliphatic rings. The van der Waals surface area contributed by atoms with E-state index in [0.29, 0.717) is 19.6 Å². The third kappa shape index (κ3) is 3.80. The second-order valence-electron chi connectivity index (χ2n) is 4.59. The highest BCUT2D eigenvalue weighted by Crippen LogP contribution is 2.12. The molecule has 1 aromatic rings. The van der Waals surface area contributed by atoms with Crippen LogP contribution in [-0.2, 0) is 4.79 Å². The molecule has 0 aromatic heterocycles. The molecule has 3 N–H and O–H groups in total. The normalized spacial score (nSPS) is 14.8. The van der Waals surface area contributed by atoms with E-state index in [9.17, 15) is 14.0 Å². The van der Waals surface area contributed by atoms with E-state index in [0.717, 1.165) is 0 Å². The molecule has 1 aliphatic heterocycles. The number of nitrogens with one attached hydrogen (secondary N) is 1. The van der Waals surface area contributed by atoms with Gasteiger partial charge in [0.1, 0.15) is 5.82 Å². The smallest absolute Gasteiger partial charge is 0.254 e. The lowest BCUT2D eigenvalue weighted by Crippen LogP contribution is -2.34. The number of rotatable bonds is 1. The van der Waals surface area contributed by atoms with Crippen LogP contribution in [0.25, 0.3) is 0 Å². The third-order valence-corrected chi connectivity index (χ3v) is 3.14. The molecule has 0 radical (unpaired) electrons. The van der Waals surface area contributed by atoms with E-state index in [1.807, 2.05) is 0 Å². The van der Waals surface area contributed by atoms with Gasteiger partial charge in [0, 0.05) is 31.6 Å². The molecule has 5 nitrogen and oxygen atoms in total. The summed E-state index contributed by atoms with van der Waals surface area (Å²) in [6.45, 7) is 1.31. The Morgan fingerprint density at radius 2 is 2.24 bits per heavy atom. The van der Waals surface area contributed by atoms with E-state index < -0.39 is 5.82 Å². The maximum atomic E-state index is 13.9. The van der Waals surface area contributed by atoms with Crippen molar-refractivity contribution in [3.05, 3.63) is 35.1 Å². The first-order valence-electron chi connectivity index (χ1n) is 6.66. The Kier molecular flexibility index (Phi) is 4.90. The van der Waals surface area contributed by atoms with Crippen LogP contribution in [0.1, 0.15) is 22.3 Å². The van der Waals surface area contributed by atoms with Gasteiger partial charge in [0.25, 0.3) is 5.91 Å². The molecule has 0 atom stereocenters. The fourth-order valence-electron chi connectivity index (χ4n) is 2.05. The molecule has 0 bridgehead atoms. The largest absolute Gasteiger partial charge is 0.354 e. The zero-order valence-electron chi connectivity index (χ0n) is 11.5. The van der Waals surface area contributed by atoms with Gasteiger partial charge in [0.15, 0.2) is 0 Å². The summed E-state index contributed by atoms with van der Waals surface area (Å²) in [6.07, 6.45) is 0.258. The second-order valence-corrected chi connectivity index (χ2v) is 4.59. The summed E-state index contributed by atoms with van der Waals surface area (Å²) in [5, 5.41) is 2.69. The number of nitrogens with two attached hydrogens (primary N) is 1. The summed E-state index contributed by atoms with van der Waals surface area (Å²) >= 11 is 0. The minimum Gasteiger partial charge on any atom is -0.354 e. The van der Waals surface area contributed by atoms with Gasteiger partial charge in [-0.05, 0) is 18.2 Å². The summed E-state index contributed by atoms with van der Waals surface area (Å²) in [4.78, 5) is 25.1. The fourth-order valence-corrected chi connectivity index (χ4v) is 2.05. The summed E-state index contributed by atoms with van der Waals surface area (Å²) in [5.74, 6) is 4.25. The van der Waals surface area contributed by atoms with Gasteiger partial charge in [-0.15, -0.1) is 0 Å². The number of carbonyl (C=O) groups excluding carboxylic acids is 2. The van der Waals surface area contributed by atoms with Crippen LogP contribution in [0, 0.1) is 17.7 Å². The SMILES string of the molecule is NCC#Cc1ccc(C(=O)N2CCNC(=O)CC2)cc1F. The van der Waals surface area contributed by atoms with Crippen molar-refractivity contribution in [1.82, 2.24) is 10.2 Å². The van der Waals surface area contributed by atoms with Gasteiger partial charge in [0.2, 0.25) is 5.91 Å². The molecule has 6 heteroatoms. The van der Waals surface area contributed by atoms with Crippen molar-refractivity contribution in [3.8, 4) is 11.8 Å². The zero-order chi connectivity index (χ0) is 15.2. The van der Waals surface area contributed by atoms with Crippen molar-refractivity contribution < 1.29 is 14.0 Å². The maximum Gasteiger partial charge on any atom is 0.254 e. The Morgan fingerprint density at radius 1 is 1.43 bits per heavy atom. The fraction of sp³-hybridized carbons (Fsp3) is 0.333. The van der Waals surface area contributed by atoms with Gasteiger partial charge in [-0.2, -0.15) is 0 Å². The van der Waals surface area contributed by atoms with E-state index in [1.54, 1.807) is 0 Å². The monoisotopic (exact) mass is 289 g/mol. The Labute approximate surface area is 122 Å². The average molecular weight is 289 g/mol. The standard InChI is InChI=1S/C15H16FN3O2/c16-13-10-12(4-3-11(13)2-1-6-17)15(21)19-8-5-14(20)18-7-9-19/h3-4,10H,5-9,17H2,(H,18,20). The van der Waals surface area contributed by atoms with Gasteiger partial charge in [0.05, 0.1) is 12.1 Å². The molecule has 1 fully saturated rings. The van der Waals surface area contributed by atoms with Crippen molar-refractivity contribution in [2.45, 2.75) is 6.42 Å². The lowest BCUT2D eigenvalue weighted by molar-refractivity contribution is -0.120. The molecule has 0 unspecified atom stereocenters. The van der Waals surface area contributed by atoms with E-state index in [2.05, 4.69) is 17.2 Å². The quantitative estimate of drug-likeness (QED) is 0.720. The van der Waals surface area contributed by atoms with Gasteiger partial charge >= 0.3 is 0 Å². The van der Waals surface area contributed by atoms with Crippen LogP contribution in [0.3, 0.4) is 0 Å². The topological polar surface area (TPSA) is 75.4 Å². The van der Waals surface area contributed by atoms with Crippen LogP contribution in [0.15, 0.2) is 18.2 Å². The minimum absolute atomic E-state index is 0.0797.